The largest absolute Gasteiger partial charge is 0.481 e. The molecule has 0 aliphatic heterocycles. The molecule has 0 unspecified atom stereocenters. The number of hydrogen-bond donors (Lipinski definition) is 1. The summed E-state index contributed by atoms with van der Waals surface area (Å²) < 4.78 is 0. The van der Waals surface area contributed by atoms with Crippen molar-refractivity contribution in [2.45, 2.75) is 6.42 Å². The third-order valence-electron chi connectivity index (χ3n) is 1.62. The molecule has 0 atom stereocenters. The molecule has 0 spiro atoms. The number of carbonyl (C=O) groups is 1. The predicted molar refractivity (Wildman–Crippen MR) is 62.1 cm³/mol. The summed E-state index contributed by atoms with van der Waals surface area (Å²) in [5, 5.41) is 12.5. The molecule has 1 heterocycles. The first-order valence-corrected chi connectivity index (χ1v) is 5.46. The number of thiophene rings is 1. The first-order valence-electron chi connectivity index (χ1n) is 4.52. The van der Waals surface area contributed by atoms with Crippen molar-refractivity contribution in [3.63, 3.8) is 0 Å². The maximum atomic E-state index is 10.2. The Labute approximate surface area is 92.8 Å². The van der Waals surface area contributed by atoms with Crippen LogP contribution in [-0.4, -0.2) is 11.1 Å². The molecule has 0 fully saturated rings. The molecule has 78 valence electrons. The van der Waals surface area contributed by atoms with E-state index in [4.69, 9.17) is 5.11 Å². The van der Waals surface area contributed by atoms with Gasteiger partial charge in [0.2, 0.25) is 0 Å². The van der Waals surface area contributed by atoms with Crippen LogP contribution in [0.15, 0.2) is 53.2 Å². The molecule has 0 amide bonds. The number of rotatable bonds is 2. The normalized spacial score (nSPS) is 8.80. The molecule has 0 aliphatic rings. The van der Waals surface area contributed by atoms with Gasteiger partial charge < -0.3 is 5.11 Å². The summed E-state index contributed by atoms with van der Waals surface area (Å²) >= 11 is 1.71. The summed E-state index contributed by atoms with van der Waals surface area (Å²) in [6, 6.07) is 13.2. The monoisotopic (exact) mass is 220 g/mol. The van der Waals surface area contributed by atoms with E-state index < -0.39 is 5.97 Å². The van der Waals surface area contributed by atoms with Crippen LogP contribution in [0.3, 0.4) is 0 Å². The highest BCUT2D eigenvalue weighted by Crippen LogP contribution is 1.98. The van der Waals surface area contributed by atoms with Crippen LogP contribution >= 0.6 is 11.3 Å². The van der Waals surface area contributed by atoms with Gasteiger partial charge in [0.15, 0.2) is 0 Å². The topological polar surface area (TPSA) is 37.3 Å². The second kappa shape index (κ2) is 6.79. The minimum Gasteiger partial charge on any atom is -0.481 e. The van der Waals surface area contributed by atoms with E-state index in [9.17, 15) is 4.79 Å². The van der Waals surface area contributed by atoms with Gasteiger partial charge in [-0.3, -0.25) is 4.79 Å². The molecule has 0 radical (unpaired) electrons. The lowest BCUT2D eigenvalue weighted by Gasteiger charge is -1.92. The number of carboxylic acid groups (broad SMARTS) is 1. The van der Waals surface area contributed by atoms with E-state index >= 15 is 0 Å². The van der Waals surface area contributed by atoms with Crippen molar-refractivity contribution in [3.05, 3.63) is 58.8 Å². The first-order chi connectivity index (χ1) is 7.29. The van der Waals surface area contributed by atoms with Gasteiger partial charge in [-0.25, -0.2) is 0 Å². The SMILES string of the molecule is O=C(O)Cc1ccccc1.c1ccsc1. The third kappa shape index (κ3) is 5.65. The zero-order valence-corrected chi connectivity index (χ0v) is 8.98. The van der Waals surface area contributed by atoms with Crippen LogP contribution in [-0.2, 0) is 11.2 Å². The predicted octanol–water partition coefficient (Wildman–Crippen LogP) is 3.06. The van der Waals surface area contributed by atoms with E-state index in [1.807, 2.05) is 41.1 Å². The fourth-order valence-electron chi connectivity index (χ4n) is 0.997. The molecule has 2 aromatic rings. The molecule has 15 heavy (non-hydrogen) atoms. The zero-order chi connectivity index (χ0) is 10.9. The maximum Gasteiger partial charge on any atom is 0.307 e. The van der Waals surface area contributed by atoms with Crippen molar-refractivity contribution in [2.24, 2.45) is 0 Å². The van der Waals surface area contributed by atoms with Crippen LogP contribution in [0.1, 0.15) is 5.56 Å². The Bertz CT molecular complexity index is 351. The van der Waals surface area contributed by atoms with Gasteiger partial charge >= 0.3 is 5.97 Å². The van der Waals surface area contributed by atoms with Crippen molar-refractivity contribution < 1.29 is 9.90 Å². The molecule has 1 N–H and O–H groups in total. The summed E-state index contributed by atoms with van der Waals surface area (Å²) in [4.78, 5) is 10.2. The summed E-state index contributed by atoms with van der Waals surface area (Å²) in [5.74, 6) is -0.786. The second-order valence-corrected chi connectivity index (χ2v) is 3.67. The standard InChI is InChI=1S/C8H8O2.C4H4S/c9-8(10)6-7-4-2-1-3-5-7;1-2-4-5-3-1/h1-5H,6H2,(H,9,10);1-4H. The van der Waals surface area contributed by atoms with Crippen molar-refractivity contribution in [3.8, 4) is 0 Å². The van der Waals surface area contributed by atoms with Gasteiger partial charge in [-0.15, -0.1) is 0 Å². The van der Waals surface area contributed by atoms with Crippen molar-refractivity contribution in [2.75, 3.05) is 0 Å². The van der Waals surface area contributed by atoms with Crippen molar-refractivity contribution in [1.82, 2.24) is 0 Å². The quantitative estimate of drug-likeness (QED) is 0.844. The molecule has 1 aromatic heterocycles. The number of benzene rings is 1. The van der Waals surface area contributed by atoms with Gasteiger partial charge in [0.25, 0.3) is 0 Å². The second-order valence-electron chi connectivity index (χ2n) is 2.85. The van der Waals surface area contributed by atoms with Gasteiger partial charge in [0.05, 0.1) is 6.42 Å². The molecule has 3 heteroatoms. The zero-order valence-electron chi connectivity index (χ0n) is 8.17. The highest BCUT2D eigenvalue weighted by Gasteiger charge is 1.96. The average molecular weight is 220 g/mol. The molecule has 1 aromatic carbocycles. The van der Waals surface area contributed by atoms with Crippen molar-refractivity contribution >= 4 is 17.3 Å². The Morgan fingerprint density at radius 3 is 2.07 bits per heavy atom. The lowest BCUT2D eigenvalue weighted by molar-refractivity contribution is -0.136. The van der Waals surface area contributed by atoms with E-state index in [2.05, 4.69) is 0 Å². The average Bonchev–Trinajstić information content (AvgIpc) is 2.76. The first kappa shape index (κ1) is 11.5. The van der Waals surface area contributed by atoms with E-state index in [-0.39, 0.29) is 6.42 Å². The maximum absolute atomic E-state index is 10.2. The van der Waals surface area contributed by atoms with Crippen LogP contribution in [0.2, 0.25) is 0 Å². The van der Waals surface area contributed by atoms with Crippen LogP contribution in [0.5, 0.6) is 0 Å². The number of carboxylic acids is 1. The minimum absolute atomic E-state index is 0.112. The molecule has 0 aliphatic carbocycles. The van der Waals surface area contributed by atoms with E-state index in [1.165, 1.54) is 0 Å². The van der Waals surface area contributed by atoms with Crippen LogP contribution < -0.4 is 0 Å². The molecule has 0 saturated carbocycles. The highest BCUT2D eigenvalue weighted by atomic mass is 32.1. The number of aliphatic carboxylic acids is 1. The van der Waals surface area contributed by atoms with E-state index in [0.717, 1.165) is 5.56 Å². The van der Waals surface area contributed by atoms with Gasteiger partial charge in [-0.05, 0) is 16.3 Å². The summed E-state index contributed by atoms with van der Waals surface area (Å²) in [7, 11) is 0. The van der Waals surface area contributed by atoms with E-state index in [0.29, 0.717) is 0 Å². The Morgan fingerprint density at radius 1 is 1.07 bits per heavy atom. The summed E-state index contributed by atoms with van der Waals surface area (Å²) in [5.41, 5.74) is 0.843. The van der Waals surface area contributed by atoms with Gasteiger partial charge in [-0.2, -0.15) is 11.3 Å². The van der Waals surface area contributed by atoms with E-state index in [1.54, 1.807) is 23.5 Å². The Balaban J connectivity index is 0.000000187. The number of hydrogen-bond acceptors (Lipinski definition) is 2. The van der Waals surface area contributed by atoms with Crippen LogP contribution in [0.25, 0.3) is 0 Å². The lowest BCUT2D eigenvalue weighted by atomic mass is 10.2. The van der Waals surface area contributed by atoms with Gasteiger partial charge in [-0.1, -0.05) is 42.5 Å². The molecule has 0 saturated heterocycles. The molecular weight excluding hydrogens is 208 g/mol. The van der Waals surface area contributed by atoms with Gasteiger partial charge in [0.1, 0.15) is 0 Å². The molecular formula is C12H12O2S. The van der Waals surface area contributed by atoms with Crippen LogP contribution in [0.4, 0.5) is 0 Å². The van der Waals surface area contributed by atoms with Crippen molar-refractivity contribution in [1.29, 1.82) is 0 Å². The molecule has 0 bridgehead atoms. The Morgan fingerprint density at radius 2 is 1.67 bits per heavy atom. The summed E-state index contributed by atoms with van der Waals surface area (Å²) in [6.45, 7) is 0. The fraction of sp³-hybridized carbons (Fsp3) is 0.0833. The Kier molecular flexibility index (Phi) is 5.19. The van der Waals surface area contributed by atoms with Gasteiger partial charge in [0, 0.05) is 0 Å². The minimum atomic E-state index is -0.786. The molecule has 2 rings (SSSR count). The highest BCUT2D eigenvalue weighted by molar-refractivity contribution is 7.07. The smallest absolute Gasteiger partial charge is 0.307 e. The Hall–Kier alpha value is -1.61. The lowest BCUT2D eigenvalue weighted by Crippen LogP contribution is -1.98. The summed E-state index contributed by atoms with van der Waals surface area (Å²) in [6.07, 6.45) is 0.112. The van der Waals surface area contributed by atoms with Crippen LogP contribution in [0, 0.1) is 0 Å². The fourth-order valence-corrected chi connectivity index (χ4v) is 1.45. The molecule has 2 nitrogen and oxygen atoms in total. The third-order valence-corrected chi connectivity index (χ3v) is 2.25.